The number of nitrogens with zero attached hydrogens (tertiary/aromatic N) is 1. The molecule has 4 nitrogen and oxygen atoms in total. The lowest BCUT2D eigenvalue weighted by Gasteiger charge is -1.88. The minimum atomic E-state index is 0.338. The number of ether oxygens (including phenoxy) is 1. The number of aromatic nitrogens is 1. The van der Waals surface area contributed by atoms with Crippen molar-refractivity contribution in [2.45, 2.75) is 0 Å². The lowest BCUT2D eigenvalue weighted by atomic mass is 10.6. The molecule has 0 bridgehead atoms. The molecule has 1 heterocycles. The average Bonchev–Trinajstić information content (AvgIpc) is 2.14. The van der Waals surface area contributed by atoms with Gasteiger partial charge >= 0.3 is 0 Å². The van der Waals surface area contributed by atoms with Crippen LogP contribution in [-0.2, 0) is 0 Å². The first-order valence-corrected chi connectivity index (χ1v) is 2.08. The molecule has 0 unspecified atom stereocenters. The van der Waals surface area contributed by atoms with Crippen LogP contribution in [0.3, 0.4) is 0 Å². The van der Waals surface area contributed by atoms with Crippen LogP contribution >= 0.6 is 0 Å². The zero-order valence-electron chi connectivity index (χ0n) is 4.42. The molecule has 0 spiro atoms. The van der Waals surface area contributed by atoms with E-state index in [-0.39, 0.29) is 0 Å². The van der Waals surface area contributed by atoms with Crippen LogP contribution in [0.1, 0.15) is 0 Å². The third-order valence-corrected chi connectivity index (χ3v) is 0.756. The molecule has 0 fully saturated rings. The molecule has 0 saturated heterocycles. The van der Waals surface area contributed by atoms with Gasteiger partial charge in [0.05, 0.1) is 7.11 Å². The van der Waals surface area contributed by atoms with Crippen LogP contribution in [0.4, 0.5) is 5.69 Å². The SMILES string of the molecule is COc1nocc1N. The number of anilines is 1. The first-order chi connectivity index (χ1) is 3.84. The van der Waals surface area contributed by atoms with Crippen molar-refractivity contribution in [3.05, 3.63) is 6.26 Å². The maximum Gasteiger partial charge on any atom is 0.277 e. The van der Waals surface area contributed by atoms with Crippen molar-refractivity contribution in [1.82, 2.24) is 5.16 Å². The van der Waals surface area contributed by atoms with Gasteiger partial charge in [0.2, 0.25) is 0 Å². The molecule has 0 aliphatic carbocycles. The van der Waals surface area contributed by atoms with Crippen molar-refractivity contribution in [2.24, 2.45) is 0 Å². The molecular weight excluding hydrogens is 108 g/mol. The Morgan fingerprint density at radius 1 is 1.88 bits per heavy atom. The number of hydrogen-bond acceptors (Lipinski definition) is 4. The van der Waals surface area contributed by atoms with E-state index >= 15 is 0 Å². The number of methoxy groups -OCH3 is 1. The van der Waals surface area contributed by atoms with Gasteiger partial charge in [-0.2, -0.15) is 0 Å². The Labute approximate surface area is 46.2 Å². The summed E-state index contributed by atoms with van der Waals surface area (Å²) in [5.74, 6) is 0.338. The van der Waals surface area contributed by atoms with Crippen LogP contribution in [0.15, 0.2) is 10.8 Å². The lowest BCUT2D eigenvalue weighted by Crippen LogP contribution is -1.87. The van der Waals surface area contributed by atoms with E-state index in [2.05, 4.69) is 14.4 Å². The number of hydrogen-bond donors (Lipinski definition) is 1. The minimum absolute atomic E-state index is 0.338. The van der Waals surface area contributed by atoms with Crippen LogP contribution in [0.5, 0.6) is 5.88 Å². The number of rotatable bonds is 1. The lowest BCUT2D eigenvalue weighted by molar-refractivity contribution is 0.339. The van der Waals surface area contributed by atoms with E-state index in [9.17, 15) is 0 Å². The van der Waals surface area contributed by atoms with Gasteiger partial charge in [0.25, 0.3) is 5.88 Å². The minimum Gasteiger partial charge on any atom is -0.477 e. The van der Waals surface area contributed by atoms with Gasteiger partial charge in [0.1, 0.15) is 5.69 Å². The Hall–Kier alpha value is -1.19. The predicted octanol–water partition coefficient (Wildman–Crippen LogP) is 0.265. The molecule has 0 aliphatic heterocycles. The molecule has 44 valence electrons. The Bertz CT molecular complexity index is 172. The van der Waals surface area contributed by atoms with Crippen molar-refractivity contribution < 1.29 is 9.26 Å². The maximum absolute atomic E-state index is 5.27. The highest BCUT2D eigenvalue weighted by atomic mass is 16.5. The molecule has 2 N–H and O–H groups in total. The van der Waals surface area contributed by atoms with Crippen LogP contribution < -0.4 is 10.5 Å². The summed E-state index contributed by atoms with van der Waals surface area (Å²) in [6.07, 6.45) is 1.32. The topological polar surface area (TPSA) is 61.3 Å². The summed E-state index contributed by atoms with van der Waals surface area (Å²) < 4.78 is 9.09. The van der Waals surface area contributed by atoms with Crippen LogP contribution in [0, 0.1) is 0 Å². The molecule has 0 aromatic carbocycles. The van der Waals surface area contributed by atoms with Gasteiger partial charge in [-0.3, -0.25) is 0 Å². The molecule has 1 rings (SSSR count). The monoisotopic (exact) mass is 114 g/mol. The van der Waals surface area contributed by atoms with Crippen LogP contribution in [-0.4, -0.2) is 12.3 Å². The standard InChI is InChI=1S/C4H6N2O2/c1-7-4-3(5)2-8-6-4/h2H,5H2,1H3. The molecule has 0 saturated carbocycles. The normalized spacial score (nSPS) is 9.12. The average molecular weight is 114 g/mol. The molecular formula is C4H6N2O2. The second-order valence-corrected chi connectivity index (χ2v) is 1.28. The molecule has 1 aromatic rings. The second kappa shape index (κ2) is 1.73. The van der Waals surface area contributed by atoms with Gasteiger partial charge in [0.15, 0.2) is 6.26 Å². The van der Waals surface area contributed by atoms with Crippen molar-refractivity contribution in [1.29, 1.82) is 0 Å². The third-order valence-electron chi connectivity index (χ3n) is 0.756. The fourth-order valence-corrected chi connectivity index (χ4v) is 0.389. The summed E-state index contributed by atoms with van der Waals surface area (Å²) in [6, 6.07) is 0. The molecule has 1 aromatic heterocycles. The van der Waals surface area contributed by atoms with Gasteiger partial charge in [-0.15, -0.1) is 0 Å². The smallest absolute Gasteiger partial charge is 0.277 e. The summed E-state index contributed by atoms with van der Waals surface area (Å²) in [4.78, 5) is 0. The highest BCUT2D eigenvalue weighted by Crippen LogP contribution is 2.15. The van der Waals surface area contributed by atoms with Crippen molar-refractivity contribution in [3.8, 4) is 5.88 Å². The van der Waals surface area contributed by atoms with E-state index in [1.165, 1.54) is 13.4 Å². The second-order valence-electron chi connectivity index (χ2n) is 1.28. The fourth-order valence-electron chi connectivity index (χ4n) is 0.389. The number of nitrogens with two attached hydrogens (primary N) is 1. The van der Waals surface area contributed by atoms with E-state index in [4.69, 9.17) is 5.73 Å². The first kappa shape index (κ1) is 4.96. The van der Waals surface area contributed by atoms with E-state index in [0.29, 0.717) is 11.6 Å². The first-order valence-electron chi connectivity index (χ1n) is 2.08. The molecule has 0 radical (unpaired) electrons. The van der Waals surface area contributed by atoms with Crippen LogP contribution in [0.25, 0.3) is 0 Å². The van der Waals surface area contributed by atoms with Crippen LogP contribution in [0.2, 0.25) is 0 Å². The summed E-state index contributed by atoms with van der Waals surface area (Å²) >= 11 is 0. The Balaban J connectivity index is 2.92. The third kappa shape index (κ3) is 0.598. The van der Waals surface area contributed by atoms with Crippen molar-refractivity contribution in [2.75, 3.05) is 12.8 Å². The van der Waals surface area contributed by atoms with E-state index in [1.54, 1.807) is 0 Å². The quantitative estimate of drug-likeness (QED) is 0.569. The molecule has 0 amide bonds. The summed E-state index contributed by atoms with van der Waals surface area (Å²) in [6.45, 7) is 0. The van der Waals surface area contributed by atoms with Gasteiger partial charge < -0.3 is 15.0 Å². The van der Waals surface area contributed by atoms with Gasteiger partial charge in [-0.05, 0) is 5.16 Å². The zero-order valence-corrected chi connectivity index (χ0v) is 4.42. The molecule has 8 heavy (non-hydrogen) atoms. The van der Waals surface area contributed by atoms with Crippen molar-refractivity contribution >= 4 is 5.69 Å². The maximum atomic E-state index is 5.27. The largest absolute Gasteiger partial charge is 0.477 e. The van der Waals surface area contributed by atoms with Crippen molar-refractivity contribution in [3.63, 3.8) is 0 Å². The van der Waals surface area contributed by atoms with Gasteiger partial charge in [-0.1, -0.05) is 0 Å². The molecule has 0 aliphatic rings. The highest BCUT2D eigenvalue weighted by molar-refractivity contribution is 5.43. The van der Waals surface area contributed by atoms with E-state index in [0.717, 1.165) is 0 Å². The van der Waals surface area contributed by atoms with E-state index in [1.807, 2.05) is 0 Å². The van der Waals surface area contributed by atoms with Gasteiger partial charge in [0, 0.05) is 0 Å². The number of nitrogen functional groups attached to an aromatic ring is 1. The predicted molar refractivity (Wildman–Crippen MR) is 27.5 cm³/mol. The highest BCUT2D eigenvalue weighted by Gasteiger charge is 1.99. The molecule has 4 heteroatoms. The molecule has 0 atom stereocenters. The Morgan fingerprint density at radius 2 is 2.62 bits per heavy atom. The van der Waals surface area contributed by atoms with Gasteiger partial charge in [-0.25, -0.2) is 0 Å². The fraction of sp³-hybridized carbons (Fsp3) is 0.250. The summed E-state index contributed by atoms with van der Waals surface area (Å²) in [5.41, 5.74) is 5.69. The zero-order chi connectivity index (χ0) is 5.98. The van der Waals surface area contributed by atoms with E-state index < -0.39 is 0 Å². The summed E-state index contributed by atoms with van der Waals surface area (Å²) in [7, 11) is 1.48. The Kier molecular flexibility index (Phi) is 1.07. The Morgan fingerprint density at radius 3 is 2.88 bits per heavy atom. The summed E-state index contributed by atoms with van der Waals surface area (Å²) in [5, 5.41) is 3.41.